The second-order valence-corrected chi connectivity index (χ2v) is 9.18. The summed E-state index contributed by atoms with van der Waals surface area (Å²) in [5.41, 5.74) is 2.64. The van der Waals surface area contributed by atoms with Crippen LogP contribution in [-0.4, -0.2) is 47.9 Å². The molecule has 2 amide bonds. The zero-order chi connectivity index (χ0) is 28.2. The summed E-state index contributed by atoms with van der Waals surface area (Å²) in [6.07, 6.45) is 2.10. The molecule has 3 aromatic rings. The fraction of sp³-hybridized carbons (Fsp3) is 0.333. The number of ether oxygens (including phenoxy) is 2. The third-order valence-electron chi connectivity index (χ3n) is 6.41. The van der Waals surface area contributed by atoms with Crippen LogP contribution in [-0.2, 0) is 22.6 Å². The summed E-state index contributed by atoms with van der Waals surface area (Å²) in [6, 6.07) is 20.6. The van der Waals surface area contributed by atoms with E-state index in [4.69, 9.17) is 9.47 Å². The van der Waals surface area contributed by atoms with Crippen LogP contribution < -0.4 is 14.8 Å². The van der Waals surface area contributed by atoms with Gasteiger partial charge in [0, 0.05) is 31.6 Å². The van der Waals surface area contributed by atoms with Gasteiger partial charge in [-0.25, -0.2) is 0 Å². The number of amides is 2. The Morgan fingerprint density at radius 1 is 1.05 bits per heavy atom. The molecule has 3 aromatic carbocycles. The Morgan fingerprint density at radius 2 is 1.77 bits per heavy atom. The number of carbonyl (C=O) groups is 2. The first-order valence-electron chi connectivity index (χ1n) is 12.9. The number of benzene rings is 3. The summed E-state index contributed by atoms with van der Waals surface area (Å²) in [6.45, 7) is 4.39. The standard InChI is InChI=1S/C30H35N3O6/c1-4-5-17-31-30(35)27(18-23-12-7-6-8-13-23)32(20-24-14-10-9-11-22(24)2)29(34)21-39-25-15-16-26(33(36)37)28(19-25)38-3/h6-16,19,27H,4-5,17-18,20-21H2,1-3H3,(H,31,35)/t27-/m0/s1. The van der Waals surface area contributed by atoms with E-state index in [1.54, 1.807) is 4.90 Å². The zero-order valence-corrected chi connectivity index (χ0v) is 22.6. The van der Waals surface area contributed by atoms with Gasteiger partial charge in [-0.1, -0.05) is 67.9 Å². The lowest BCUT2D eigenvalue weighted by molar-refractivity contribution is -0.385. The predicted molar refractivity (Wildman–Crippen MR) is 149 cm³/mol. The molecule has 0 fully saturated rings. The molecule has 0 aliphatic carbocycles. The third kappa shape index (κ3) is 8.29. The highest BCUT2D eigenvalue weighted by molar-refractivity contribution is 5.88. The first-order valence-corrected chi connectivity index (χ1v) is 12.9. The molecule has 0 aromatic heterocycles. The first-order chi connectivity index (χ1) is 18.8. The summed E-state index contributed by atoms with van der Waals surface area (Å²) in [4.78, 5) is 39.4. The van der Waals surface area contributed by atoms with Crippen LogP contribution in [0.15, 0.2) is 72.8 Å². The Bertz CT molecular complexity index is 1260. The first kappa shape index (κ1) is 29.2. The molecule has 9 heteroatoms. The molecule has 1 N–H and O–H groups in total. The quantitative estimate of drug-likeness (QED) is 0.180. The molecular weight excluding hydrogens is 498 g/mol. The molecule has 0 saturated carbocycles. The van der Waals surface area contributed by atoms with Crippen molar-refractivity contribution in [2.75, 3.05) is 20.3 Å². The number of nitrogens with zero attached hydrogens (tertiary/aromatic N) is 2. The van der Waals surface area contributed by atoms with Crippen LogP contribution in [0.4, 0.5) is 5.69 Å². The van der Waals surface area contributed by atoms with Crippen LogP contribution in [0, 0.1) is 17.0 Å². The van der Waals surface area contributed by atoms with Crippen LogP contribution in [0.1, 0.15) is 36.5 Å². The number of hydrogen-bond donors (Lipinski definition) is 1. The average molecular weight is 534 g/mol. The highest BCUT2D eigenvalue weighted by Crippen LogP contribution is 2.31. The van der Waals surface area contributed by atoms with Crippen LogP contribution in [0.2, 0.25) is 0 Å². The number of aryl methyl sites for hydroxylation is 1. The van der Waals surface area contributed by atoms with Crippen molar-refractivity contribution in [1.29, 1.82) is 0 Å². The molecule has 0 unspecified atom stereocenters. The Balaban J connectivity index is 1.91. The average Bonchev–Trinajstić information content (AvgIpc) is 2.94. The summed E-state index contributed by atoms with van der Waals surface area (Å²) in [7, 11) is 1.33. The van der Waals surface area contributed by atoms with Crippen molar-refractivity contribution in [3.63, 3.8) is 0 Å². The number of methoxy groups -OCH3 is 1. The SMILES string of the molecule is CCCCNC(=O)[C@H](Cc1ccccc1)N(Cc1ccccc1C)C(=O)COc1ccc([N+](=O)[O-])c(OC)c1. The maximum Gasteiger partial charge on any atom is 0.311 e. The minimum atomic E-state index is -0.772. The topological polar surface area (TPSA) is 111 Å². The highest BCUT2D eigenvalue weighted by atomic mass is 16.6. The van der Waals surface area contributed by atoms with Gasteiger partial charge in [-0.15, -0.1) is 0 Å². The lowest BCUT2D eigenvalue weighted by Gasteiger charge is -2.32. The van der Waals surface area contributed by atoms with Gasteiger partial charge >= 0.3 is 5.69 Å². The zero-order valence-electron chi connectivity index (χ0n) is 22.6. The van der Waals surface area contributed by atoms with Crippen molar-refractivity contribution < 1.29 is 24.0 Å². The second kappa shape index (κ2) is 14.5. The van der Waals surface area contributed by atoms with Crippen molar-refractivity contribution in [2.45, 2.75) is 45.7 Å². The molecule has 0 spiro atoms. The summed E-state index contributed by atoms with van der Waals surface area (Å²) < 4.78 is 10.9. The van der Waals surface area contributed by atoms with Gasteiger partial charge in [-0.3, -0.25) is 19.7 Å². The van der Waals surface area contributed by atoms with E-state index in [9.17, 15) is 19.7 Å². The molecule has 1 atom stereocenters. The number of carbonyl (C=O) groups excluding carboxylic acids is 2. The number of nitro benzene ring substituents is 1. The molecule has 0 bridgehead atoms. The van der Waals surface area contributed by atoms with E-state index in [-0.39, 0.29) is 42.2 Å². The molecule has 0 aliphatic rings. The third-order valence-corrected chi connectivity index (χ3v) is 6.41. The van der Waals surface area contributed by atoms with E-state index < -0.39 is 11.0 Å². The van der Waals surface area contributed by atoms with E-state index in [1.165, 1.54) is 25.3 Å². The lowest BCUT2D eigenvalue weighted by atomic mass is 10.0. The van der Waals surface area contributed by atoms with Gasteiger partial charge in [0.15, 0.2) is 6.61 Å². The van der Waals surface area contributed by atoms with Crippen molar-refractivity contribution in [2.24, 2.45) is 0 Å². The molecule has 206 valence electrons. The Kier molecular flexibility index (Phi) is 10.9. The van der Waals surface area contributed by atoms with Crippen LogP contribution in [0.25, 0.3) is 0 Å². The number of nitro groups is 1. The normalized spacial score (nSPS) is 11.4. The van der Waals surface area contributed by atoms with Crippen LogP contribution >= 0.6 is 0 Å². The fourth-order valence-electron chi connectivity index (χ4n) is 4.16. The Hall–Kier alpha value is -4.40. The van der Waals surface area contributed by atoms with Gasteiger partial charge < -0.3 is 19.7 Å². The van der Waals surface area contributed by atoms with E-state index in [1.807, 2.05) is 68.4 Å². The maximum atomic E-state index is 13.7. The number of rotatable bonds is 14. The largest absolute Gasteiger partial charge is 0.490 e. The minimum absolute atomic E-state index is 0.0268. The lowest BCUT2D eigenvalue weighted by Crippen LogP contribution is -2.52. The van der Waals surface area contributed by atoms with Gasteiger partial charge in [-0.2, -0.15) is 0 Å². The maximum absolute atomic E-state index is 13.7. The molecule has 9 nitrogen and oxygen atoms in total. The monoisotopic (exact) mass is 533 g/mol. The summed E-state index contributed by atoms with van der Waals surface area (Å²) in [5.74, 6) is -0.346. The van der Waals surface area contributed by atoms with Crippen molar-refractivity contribution in [1.82, 2.24) is 10.2 Å². The Morgan fingerprint density at radius 3 is 2.44 bits per heavy atom. The number of nitrogens with one attached hydrogen (secondary N) is 1. The predicted octanol–water partition coefficient (Wildman–Crippen LogP) is 4.85. The van der Waals surface area contributed by atoms with E-state index in [2.05, 4.69) is 5.32 Å². The smallest absolute Gasteiger partial charge is 0.311 e. The molecule has 3 rings (SSSR count). The molecule has 0 saturated heterocycles. The summed E-state index contributed by atoms with van der Waals surface area (Å²) in [5, 5.41) is 14.2. The molecule has 39 heavy (non-hydrogen) atoms. The van der Waals surface area contributed by atoms with E-state index in [0.29, 0.717) is 13.0 Å². The number of hydrogen-bond acceptors (Lipinski definition) is 6. The summed E-state index contributed by atoms with van der Waals surface area (Å²) >= 11 is 0. The van der Waals surface area contributed by atoms with Gasteiger partial charge in [0.05, 0.1) is 12.0 Å². The molecular formula is C30H35N3O6. The van der Waals surface area contributed by atoms with E-state index >= 15 is 0 Å². The van der Waals surface area contributed by atoms with Crippen molar-refractivity contribution in [3.8, 4) is 11.5 Å². The fourth-order valence-corrected chi connectivity index (χ4v) is 4.16. The molecule has 0 radical (unpaired) electrons. The van der Waals surface area contributed by atoms with E-state index in [0.717, 1.165) is 29.5 Å². The van der Waals surface area contributed by atoms with Gasteiger partial charge in [-0.05, 0) is 36.1 Å². The van der Waals surface area contributed by atoms with Crippen LogP contribution in [0.5, 0.6) is 11.5 Å². The van der Waals surface area contributed by atoms with Gasteiger partial charge in [0.1, 0.15) is 11.8 Å². The van der Waals surface area contributed by atoms with Gasteiger partial charge in [0.25, 0.3) is 5.91 Å². The number of unbranched alkanes of at least 4 members (excludes halogenated alkanes) is 1. The second-order valence-electron chi connectivity index (χ2n) is 9.18. The minimum Gasteiger partial charge on any atom is -0.490 e. The highest BCUT2D eigenvalue weighted by Gasteiger charge is 2.31. The van der Waals surface area contributed by atoms with Crippen molar-refractivity contribution >= 4 is 17.5 Å². The van der Waals surface area contributed by atoms with Crippen molar-refractivity contribution in [3.05, 3.63) is 99.6 Å². The Labute approximate surface area is 228 Å². The molecule has 0 aliphatic heterocycles. The van der Waals surface area contributed by atoms with Crippen LogP contribution in [0.3, 0.4) is 0 Å². The molecule has 0 heterocycles. The van der Waals surface area contributed by atoms with Gasteiger partial charge in [0.2, 0.25) is 11.7 Å².